The molecule has 0 bridgehead atoms. The van der Waals surface area contributed by atoms with Crippen LogP contribution in [0.5, 0.6) is 0 Å². The van der Waals surface area contributed by atoms with E-state index < -0.39 is 0 Å². The second-order valence-corrected chi connectivity index (χ2v) is 16.4. The van der Waals surface area contributed by atoms with Gasteiger partial charge in [0.25, 0.3) is 0 Å². The molecular formula is C54H40. The van der Waals surface area contributed by atoms with Crippen molar-refractivity contribution < 1.29 is 0 Å². The molecular weight excluding hydrogens is 649 g/mol. The van der Waals surface area contributed by atoms with Crippen LogP contribution in [0.3, 0.4) is 0 Å². The van der Waals surface area contributed by atoms with Crippen LogP contribution in [0.25, 0.3) is 88.0 Å². The molecule has 0 unspecified atom stereocenters. The van der Waals surface area contributed by atoms with Crippen molar-refractivity contribution in [3.8, 4) is 55.6 Å². The fraction of sp³-hybridized carbons (Fsp3) is 0.111. The summed E-state index contributed by atoms with van der Waals surface area (Å²) in [5.41, 5.74) is 18.6. The second kappa shape index (κ2) is 11.1. The van der Waals surface area contributed by atoms with Crippen molar-refractivity contribution in [1.82, 2.24) is 0 Å². The van der Waals surface area contributed by atoms with Crippen molar-refractivity contribution in [3.63, 3.8) is 0 Å². The highest BCUT2D eigenvalue weighted by Crippen LogP contribution is 2.55. The Bertz CT molecular complexity index is 2990. The van der Waals surface area contributed by atoms with Gasteiger partial charge in [0, 0.05) is 10.8 Å². The monoisotopic (exact) mass is 688 g/mol. The third-order valence-corrected chi connectivity index (χ3v) is 12.8. The van der Waals surface area contributed by atoms with E-state index in [1.165, 1.54) is 110 Å². The highest BCUT2D eigenvalue weighted by Gasteiger charge is 2.38. The number of hydrogen-bond acceptors (Lipinski definition) is 0. The lowest BCUT2D eigenvalue weighted by Crippen LogP contribution is -2.15. The zero-order chi connectivity index (χ0) is 36.3. The molecule has 0 aromatic heterocycles. The molecule has 0 fully saturated rings. The smallest absolute Gasteiger partial charge is 0.0165 e. The minimum atomic E-state index is -0.100. The van der Waals surface area contributed by atoms with Crippen LogP contribution >= 0.6 is 0 Å². The molecule has 0 aliphatic heterocycles. The van der Waals surface area contributed by atoms with Crippen LogP contribution in [0, 0.1) is 0 Å². The Kier molecular flexibility index (Phi) is 6.46. The van der Waals surface area contributed by atoms with Crippen molar-refractivity contribution in [2.75, 3.05) is 0 Å². The Labute approximate surface area is 317 Å². The van der Waals surface area contributed by atoms with Gasteiger partial charge in [0.1, 0.15) is 0 Å². The first-order valence-electron chi connectivity index (χ1n) is 19.3. The maximum absolute atomic E-state index is 2.47. The summed E-state index contributed by atoms with van der Waals surface area (Å²) in [5, 5.41) is 7.79. The largest absolute Gasteiger partial charge is 0.0619 e. The van der Waals surface area contributed by atoms with Gasteiger partial charge in [0.15, 0.2) is 0 Å². The number of benzene rings is 9. The molecule has 9 aromatic carbocycles. The third kappa shape index (κ3) is 4.20. The average molecular weight is 689 g/mol. The van der Waals surface area contributed by atoms with Gasteiger partial charge < -0.3 is 0 Å². The Hall–Kier alpha value is -6.24. The Balaban J connectivity index is 1.12. The van der Waals surface area contributed by atoms with E-state index in [1.807, 2.05) is 0 Å². The van der Waals surface area contributed by atoms with E-state index in [0.29, 0.717) is 0 Å². The normalized spacial score (nSPS) is 14.6. The summed E-state index contributed by atoms with van der Waals surface area (Å²) in [6, 6.07) is 63.9. The summed E-state index contributed by atoms with van der Waals surface area (Å²) in [6.07, 6.45) is 0. The van der Waals surface area contributed by atoms with Crippen LogP contribution in [0.1, 0.15) is 49.9 Å². The molecule has 0 N–H and O–H groups in total. The van der Waals surface area contributed by atoms with E-state index in [9.17, 15) is 0 Å². The lowest BCUT2D eigenvalue weighted by atomic mass is 9.80. The first kappa shape index (κ1) is 31.3. The van der Waals surface area contributed by atoms with Crippen LogP contribution < -0.4 is 0 Å². The van der Waals surface area contributed by atoms with Crippen molar-refractivity contribution in [2.45, 2.75) is 38.5 Å². The number of hydrogen-bond donors (Lipinski definition) is 0. The van der Waals surface area contributed by atoms with Gasteiger partial charge in [-0.3, -0.25) is 0 Å². The van der Waals surface area contributed by atoms with Crippen molar-refractivity contribution in [2.24, 2.45) is 0 Å². The van der Waals surface area contributed by atoms with Gasteiger partial charge in [-0.1, -0.05) is 185 Å². The minimum absolute atomic E-state index is 0.0611. The Morgan fingerprint density at radius 3 is 1.54 bits per heavy atom. The van der Waals surface area contributed by atoms with E-state index in [0.717, 1.165) is 0 Å². The molecule has 0 saturated heterocycles. The Morgan fingerprint density at radius 2 is 0.815 bits per heavy atom. The summed E-state index contributed by atoms with van der Waals surface area (Å²) in [7, 11) is 0. The van der Waals surface area contributed by atoms with E-state index in [4.69, 9.17) is 0 Å². The van der Waals surface area contributed by atoms with Gasteiger partial charge in [-0.25, -0.2) is 0 Å². The van der Waals surface area contributed by atoms with Gasteiger partial charge in [-0.15, -0.1) is 0 Å². The summed E-state index contributed by atoms with van der Waals surface area (Å²) < 4.78 is 0. The lowest BCUT2D eigenvalue weighted by molar-refractivity contribution is 0.660. The second-order valence-electron chi connectivity index (χ2n) is 16.4. The van der Waals surface area contributed by atoms with Crippen LogP contribution in [0.2, 0.25) is 0 Å². The first-order chi connectivity index (χ1) is 26.3. The van der Waals surface area contributed by atoms with E-state index in [-0.39, 0.29) is 10.8 Å². The molecule has 2 aliphatic rings. The summed E-state index contributed by atoms with van der Waals surface area (Å²) in [4.78, 5) is 0. The SMILES string of the molecule is CC1(C)c2ccccc2-c2ccc(-c3c4ccccc4c(-c4cccc(-c5cccc6c5-c5ccc7ccccc7c5C6(C)C)c4)c4ccccc34)cc21. The zero-order valence-corrected chi connectivity index (χ0v) is 31.2. The number of fused-ring (bicyclic) bond motifs is 10. The van der Waals surface area contributed by atoms with Gasteiger partial charge in [-0.2, -0.15) is 0 Å². The van der Waals surface area contributed by atoms with E-state index in [2.05, 4.69) is 198 Å². The summed E-state index contributed by atoms with van der Waals surface area (Å²) in [5.74, 6) is 0. The predicted molar refractivity (Wildman–Crippen MR) is 230 cm³/mol. The lowest BCUT2D eigenvalue weighted by Gasteiger charge is -2.23. The summed E-state index contributed by atoms with van der Waals surface area (Å²) in [6.45, 7) is 9.53. The molecule has 54 heavy (non-hydrogen) atoms. The highest BCUT2D eigenvalue weighted by molar-refractivity contribution is 6.21. The average Bonchev–Trinajstić information content (AvgIpc) is 3.59. The molecule has 0 heterocycles. The van der Waals surface area contributed by atoms with E-state index >= 15 is 0 Å². The van der Waals surface area contributed by atoms with Gasteiger partial charge in [0.05, 0.1) is 0 Å². The molecule has 0 nitrogen and oxygen atoms in total. The minimum Gasteiger partial charge on any atom is -0.0619 e. The highest BCUT2D eigenvalue weighted by atomic mass is 14.4. The zero-order valence-electron chi connectivity index (χ0n) is 31.2. The number of rotatable bonds is 3. The molecule has 2 aliphatic carbocycles. The molecule has 0 spiro atoms. The molecule has 11 rings (SSSR count). The van der Waals surface area contributed by atoms with Crippen molar-refractivity contribution in [1.29, 1.82) is 0 Å². The quantitative estimate of drug-likeness (QED) is 0.162. The summed E-state index contributed by atoms with van der Waals surface area (Å²) >= 11 is 0. The molecule has 0 atom stereocenters. The molecule has 0 saturated carbocycles. The molecule has 0 amide bonds. The topological polar surface area (TPSA) is 0 Å². The molecule has 0 radical (unpaired) electrons. The predicted octanol–water partition coefficient (Wildman–Crippen LogP) is 14.8. The van der Waals surface area contributed by atoms with Crippen LogP contribution in [0.4, 0.5) is 0 Å². The maximum atomic E-state index is 2.47. The van der Waals surface area contributed by atoms with Crippen LogP contribution in [-0.4, -0.2) is 0 Å². The van der Waals surface area contributed by atoms with Crippen molar-refractivity contribution >= 4 is 32.3 Å². The standard InChI is InChI=1S/C54H40/c1-53(2)46-25-12-11-19-39(46)40-29-28-36(32-48(40)53)50-43-22-9-7-20-41(43)49(42-21-8-10-23-44(42)50)35-17-13-16-34(31-35)37-24-14-26-47-51(37)45-30-27-33-15-5-6-18-38(33)52(45)54(47,3)4/h5-32H,1-4H3. The van der Waals surface area contributed by atoms with Gasteiger partial charge >= 0.3 is 0 Å². The molecule has 0 heteroatoms. The van der Waals surface area contributed by atoms with Crippen LogP contribution in [0.15, 0.2) is 170 Å². The van der Waals surface area contributed by atoms with Crippen LogP contribution in [-0.2, 0) is 10.8 Å². The van der Waals surface area contributed by atoms with E-state index in [1.54, 1.807) is 0 Å². The molecule has 256 valence electrons. The molecule has 9 aromatic rings. The fourth-order valence-electron chi connectivity index (χ4n) is 10.3. The van der Waals surface area contributed by atoms with Gasteiger partial charge in [0.2, 0.25) is 0 Å². The third-order valence-electron chi connectivity index (χ3n) is 12.8. The first-order valence-corrected chi connectivity index (χ1v) is 19.3. The Morgan fingerprint density at radius 1 is 0.296 bits per heavy atom. The fourth-order valence-corrected chi connectivity index (χ4v) is 10.3. The van der Waals surface area contributed by atoms with Crippen molar-refractivity contribution in [3.05, 3.63) is 192 Å². The van der Waals surface area contributed by atoms with Gasteiger partial charge in [-0.05, 0) is 122 Å². The maximum Gasteiger partial charge on any atom is 0.0165 e.